The van der Waals surface area contributed by atoms with Gasteiger partial charge in [-0.3, -0.25) is 9.59 Å². The quantitative estimate of drug-likeness (QED) is 0.839. The van der Waals surface area contributed by atoms with E-state index in [1.54, 1.807) is 15.9 Å². The van der Waals surface area contributed by atoms with Crippen LogP contribution < -0.4 is 5.32 Å². The van der Waals surface area contributed by atoms with Gasteiger partial charge in [0.15, 0.2) is 0 Å². The fourth-order valence-electron chi connectivity index (χ4n) is 2.86. The number of nitrogens with one attached hydrogen (secondary N) is 1. The molecule has 1 aromatic rings. The molecule has 1 unspecified atom stereocenters. The third-order valence-electron chi connectivity index (χ3n) is 4.15. The first kappa shape index (κ1) is 15.9. The standard InChI is InChI=1S/C16H20FN3O3/c17-13-3-1-2-12(10-13)15(21)19-5-7-20(8-6-19)16(22)14-11-18-4-9-23-14/h1-3,10,14,18H,4-9,11H2. The van der Waals surface area contributed by atoms with E-state index in [-0.39, 0.29) is 11.8 Å². The number of carbonyl (C=O) groups is 2. The van der Waals surface area contributed by atoms with Gasteiger partial charge in [-0.05, 0) is 18.2 Å². The van der Waals surface area contributed by atoms with Crippen LogP contribution in [0.25, 0.3) is 0 Å². The zero-order chi connectivity index (χ0) is 16.2. The van der Waals surface area contributed by atoms with Gasteiger partial charge in [0.1, 0.15) is 11.9 Å². The molecule has 0 bridgehead atoms. The zero-order valence-corrected chi connectivity index (χ0v) is 12.8. The number of benzene rings is 1. The molecule has 2 aliphatic heterocycles. The minimum absolute atomic E-state index is 0.0324. The van der Waals surface area contributed by atoms with Crippen molar-refractivity contribution in [2.45, 2.75) is 6.10 Å². The third-order valence-corrected chi connectivity index (χ3v) is 4.15. The van der Waals surface area contributed by atoms with Crippen LogP contribution in [-0.4, -0.2) is 73.6 Å². The van der Waals surface area contributed by atoms with Gasteiger partial charge < -0.3 is 19.9 Å². The first-order valence-corrected chi connectivity index (χ1v) is 7.81. The normalized spacial score (nSPS) is 22.0. The number of hydrogen-bond donors (Lipinski definition) is 1. The van der Waals surface area contributed by atoms with E-state index in [0.29, 0.717) is 44.9 Å². The van der Waals surface area contributed by atoms with Gasteiger partial charge in [-0.15, -0.1) is 0 Å². The number of rotatable bonds is 2. The fraction of sp³-hybridized carbons (Fsp3) is 0.500. The molecule has 0 aromatic heterocycles. The summed E-state index contributed by atoms with van der Waals surface area (Å²) >= 11 is 0. The monoisotopic (exact) mass is 321 g/mol. The summed E-state index contributed by atoms with van der Waals surface area (Å²) < 4.78 is 18.7. The number of amides is 2. The van der Waals surface area contributed by atoms with E-state index in [9.17, 15) is 14.0 Å². The van der Waals surface area contributed by atoms with Crippen LogP contribution in [-0.2, 0) is 9.53 Å². The maximum Gasteiger partial charge on any atom is 0.254 e. The average Bonchev–Trinajstić information content (AvgIpc) is 2.61. The van der Waals surface area contributed by atoms with Crippen LogP contribution in [0.15, 0.2) is 24.3 Å². The van der Waals surface area contributed by atoms with Gasteiger partial charge in [0, 0.05) is 44.8 Å². The van der Waals surface area contributed by atoms with Crippen LogP contribution in [0, 0.1) is 5.82 Å². The Morgan fingerprint density at radius 3 is 2.57 bits per heavy atom. The SMILES string of the molecule is O=C(c1cccc(F)c1)N1CCN(C(=O)C2CNCCO2)CC1. The van der Waals surface area contributed by atoms with Crippen molar-refractivity contribution < 1.29 is 18.7 Å². The number of nitrogens with zero attached hydrogens (tertiary/aromatic N) is 2. The Hall–Kier alpha value is -1.99. The van der Waals surface area contributed by atoms with Crippen LogP contribution in [0.4, 0.5) is 4.39 Å². The van der Waals surface area contributed by atoms with Gasteiger partial charge in [0.05, 0.1) is 6.61 Å². The van der Waals surface area contributed by atoms with E-state index in [4.69, 9.17) is 4.74 Å². The summed E-state index contributed by atoms with van der Waals surface area (Å²) in [6, 6.07) is 5.67. The van der Waals surface area contributed by atoms with Crippen molar-refractivity contribution in [2.75, 3.05) is 45.9 Å². The highest BCUT2D eigenvalue weighted by atomic mass is 19.1. The van der Waals surface area contributed by atoms with Gasteiger partial charge in [-0.1, -0.05) is 6.07 Å². The van der Waals surface area contributed by atoms with Crippen molar-refractivity contribution in [3.05, 3.63) is 35.6 Å². The largest absolute Gasteiger partial charge is 0.366 e. The molecule has 1 atom stereocenters. The Morgan fingerprint density at radius 1 is 1.17 bits per heavy atom. The van der Waals surface area contributed by atoms with Crippen molar-refractivity contribution in [2.24, 2.45) is 0 Å². The van der Waals surface area contributed by atoms with Crippen molar-refractivity contribution >= 4 is 11.8 Å². The molecule has 2 saturated heterocycles. The molecular formula is C16H20FN3O3. The predicted octanol–water partition coefficient (Wildman–Crippen LogP) is 0.0985. The highest BCUT2D eigenvalue weighted by Crippen LogP contribution is 2.12. The van der Waals surface area contributed by atoms with Crippen LogP contribution in [0.2, 0.25) is 0 Å². The van der Waals surface area contributed by atoms with Crippen molar-refractivity contribution in [3.8, 4) is 0 Å². The summed E-state index contributed by atoms with van der Waals surface area (Å²) in [5.74, 6) is -0.658. The molecule has 0 spiro atoms. The second kappa shape index (κ2) is 7.06. The van der Waals surface area contributed by atoms with Gasteiger partial charge in [-0.25, -0.2) is 4.39 Å². The maximum atomic E-state index is 13.2. The van der Waals surface area contributed by atoms with Crippen molar-refractivity contribution in [3.63, 3.8) is 0 Å². The lowest BCUT2D eigenvalue weighted by atomic mass is 10.1. The zero-order valence-electron chi connectivity index (χ0n) is 12.8. The van der Waals surface area contributed by atoms with Gasteiger partial charge >= 0.3 is 0 Å². The molecule has 7 heteroatoms. The summed E-state index contributed by atoms with van der Waals surface area (Å²) in [5.41, 5.74) is 0.338. The smallest absolute Gasteiger partial charge is 0.254 e. The second-order valence-electron chi connectivity index (χ2n) is 5.69. The van der Waals surface area contributed by atoms with E-state index in [1.807, 2.05) is 0 Å². The molecule has 2 fully saturated rings. The van der Waals surface area contributed by atoms with Crippen LogP contribution in [0.3, 0.4) is 0 Å². The minimum atomic E-state index is -0.436. The first-order valence-electron chi connectivity index (χ1n) is 7.81. The molecule has 0 aliphatic carbocycles. The van der Waals surface area contributed by atoms with Gasteiger partial charge in [0.25, 0.3) is 11.8 Å². The van der Waals surface area contributed by atoms with Crippen LogP contribution in [0.1, 0.15) is 10.4 Å². The van der Waals surface area contributed by atoms with E-state index in [1.165, 1.54) is 18.2 Å². The molecule has 6 nitrogen and oxygen atoms in total. The molecule has 0 saturated carbocycles. The van der Waals surface area contributed by atoms with Crippen molar-refractivity contribution in [1.29, 1.82) is 0 Å². The minimum Gasteiger partial charge on any atom is -0.366 e. The summed E-state index contributed by atoms with van der Waals surface area (Å²) in [6.07, 6.45) is -0.436. The van der Waals surface area contributed by atoms with Crippen LogP contribution >= 0.6 is 0 Å². The number of carbonyl (C=O) groups excluding carboxylic acids is 2. The van der Waals surface area contributed by atoms with E-state index < -0.39 is 11.9 Å². The Labute approximate surface area is 134 Å². The summed E-state index contributed by atoms with van der Waals surface area (Å²) in [6.45, 7) is 3.66. The number of hydrogen-bond acceptors (Lipinski definition) is 4. The van der Waals surface area contributed by atoms with Gasteiger partial charge in [-0.2, -0.15) is 0 Å². The highest BCUT2D eigenvalue weighted by molar-refractivity contribution is 5.94. The fourth-order valence-corrected chi connectivity index (χ4v) is 2.86. The summed E-state index contributed by atoms with van der Waals surface area (Å²) in [4.78, 5) is 28.1. The molecular weight excluding hydrogens is 301 g/mol. The molecule has 1 aromatic carbocycles. The second-order valence-corrected chi connectivity index (χ2v) is 5.69. The number of ether oxygens (including phenoxy) is 1. The Morgan fingerprint density at radius 2 is 1.91 bits per heavy atom. The molecule has 23 heavy (non-hydrogen) atoms. The lowest BCUT2D eigenvalue weighted by Crippen LogP contribution is -2.56. The van der Waals surface area contributed by atoms with E-state index >= 15 is 0 Å². The highest BCUT2D eigenvalue weighted by Gasteiger charge is 2.30. The number of piperazine rings is 1. The lowest BCUT2D eigenvalue weighted by molar-refractivity contribution is -0.146. The molecule has 2 heterocycles. The number of halogens is 1. The molecule has 124 valence electrons. The lowest BCUT2D eigenvalue weighted by Gasteiger charge is -2.37. The Kier molecular flexibility index (Phi) is 4.88. The predicted molar refractivity (Wildman–Crippen MR) is 81.5 cm³/mol. The Bertz CT molecular complexity index is 582. The van der Waals surface area contributed by atoms with Crippen LogP contribution in [0.5, 0.6) is 0 Å². The third kappa shape index (κ3) is 3.68. The van der Waals surface area contributed by atoms with Crippen molar-refractivity contribution in [1.82, 2.24) is 15.1 Å². The maximum absolute atomic E-state index is 13.2. The van der Waals surface area contributed by atoms with Gasteiger partial charge in [0.2, 0.25) is 0 Å². The average molecular weight is 321 g/mol. The Balaban J connectivity index is 1.55. The molecule has 1 N–H and O–H groups in total. The van der Waals surface area contributed by atoms with E-state index in [2.05, 4.69) is 5.32 Å². The first-order chi connectivity index (χ1) is 11.1. The number of morpholine rings is 1. The molecule has 3 rings (SSSR count). The molecule has 2 aliphatic rings. The summed E-state index contributed by atoms with van der Waals surface area (Å²) in [7, 11) is 0. The van der Waals surface area contributed by atoms with E-state index in [0.717, 1.165) is 6.54 Å². The molecule has 0 radical (unpaired) electrons. The summed E-state index contributed by atoms with van der Waals surface area (Å²) in [5, 5.41) is 3.14. The topological polar surface area (TPSA) is 61.9 Å². The molecule has 2 amide bonds.